The minimum absolute atomic E-state index is 0.00557. The number of amides is 2. The molecular weight excluding hydrogens is 353 g/mol. The molecule has 1 aromatic carbocycles. The highest BCUT2D eigenvalue weighted by molar-refractivity contribution is 5.84. The molecule has 0 bridgehead atoms. The molecule has 1 aliphatic rings. The Bertz CT molecular complexity index is 691. The van der Waals surface area contributed by atoms with Crippen molar-refractivity contribution in [3.8, 4) is 0 Å². The van der Waals surface area contributed by atoms with E-state index in [1.54, 1.807) is 0 Å². The first-order valence-electron chi connectivity index (χ1n) is 7.99. The quantitative estimate of drug-likeness (QED) is 0.774. The van der Waals surface area contributed by atoms with E-state index in [1.165, 1.54) is 30.2 Å². The minimum atomic E-state index is -4.50. The number of hydrogen-bond acceptors (Lipinski definition) is 4. The van der Waals surface area contributed by atoms with Crippen molar-refractivity contribution in [2.75, 3.05) is 13.7 Å². The van der Waals surface area contributed by atoms with Crippen LogP contribution in [0.3, 0.4) is 0 Å². The van der Waals surface area contributed by atoms with Crippen molar-refractivity contribution in [2.45, 2.75) is 38.0 Å². The Balaban J connectivity index is 1.95. The van der Waals surface area contributed by atoms with Crippen LogP contribution in [0.15, 0.2) is 24.3 Å². The smallest absolute Gasteiger partial charge is 0.416 e. The number of carbonyl (C=O) groups is 3. The summed E-state index contributed by atoms with van der Waals surface area (Å²) in [5.41, 5.74) is -0.774. The molecule has 1 aromatic rings. The van der Waals surface area contributed by atoms with Crippen molar-refractivity contribution in [1.82, 2.24) is 10.2 Å². The van der Waals surface area contributed by atoms with Gasteiger partial charge >= 0.3 is 12.1 Å². The molecule has 0 aromatic heterocycles. The van der Waals surface area contributed by atoms with Crippen molar-refractivity contribution in [2.24, 2.45) is 0 Å². The number of nitrogens with one attached hydrogen (secondary N) is 1. The van der Waals surface area contributed by atoms with Gasteiger partial charge in [-0.15, -0.1) is 0 Å². The lowest BCUT2D eigenvalue weighted by atomic mass is 10.1. The molecule has 142 valence electrons. The Morgan fingerprint density at radius 1 is 1.27 bits per heavy atom. The highest BCUT2D eigenvalue weighted by atomic mass is 19.4. The van der Waals surface area contributed by atoms with E-state index in [-0.39, 0.29) is 43.8 Å². The molecule has 1 saturated heterocycles. The molecule has 0 spiro atoms. The first kappa shape index (κ1) is 19.7. The van der Waals surface area contributed by atoms with E-state index in [0.29, 0.717) is 0 Å². The summed E-state index contributed by atoms with van der Waals surface area (Å²) in [5, 5.41) is 2.62. The fourth-order valence-electron chi connectivity index (χ4n) is 2.78. The van der Waals surface area contributed by atoms with Crippen LogP contribution in [0.5, 0.6) is 0 Å². The number of benzene rings is 1. The van der Waals surface area contributed by atoms with Gasteiger partial charge in [-0.3, -0.25) is 14.4 Å². The van der Waals surface area contributed by atoms with Crippen LogP contribution >= 0.6 is 0 Å². The van der Waals surface area contributed by atoms with E-state index in [0.717, 1.165) is 6.07 Å². The number of methoxy groups -OCH3 is 1. The number of alkyl halides is 3. The molecule has 26 heavy (non-hydrogen) atoms. The zero-order valence-corrected chi connectivity index (χ0v) is 14.1. The van der Waals surface area contributed by atoms with Gasteiger partial charge in [-0.2, -0.15) is 13.2 Å². The summed E-state index contributed by atoms with van der Waals surface area (Å²) in [6, 6.07) is 4.59. The summed E-state index contributed by atoms with van der Waals surface area (Å²) in [5.74, 6) is -1.26. The standard InChI is InChI=1S/C17H19F3N2O4/c1-26-16(25)7-6-14(23)21-12-8-15(24)22(10-12)9-11-4-2-3-5-13(11)17(18,19)20/h2-5,12H,6-10H2,1H3,(H,21,23). The predicted octanol–water partition coefficient (Wildman–Crippen LogP) is 1.88. The molecule has 0 saturated carbocycles. The molecular formula is C17H19F3N2O4. The Hall–Kier alpha value is -2.58. The summed E-state index contributed by atoms with van der Waals surface area (Å²) in [4.78, 5) is 36.1. The third-order valence-electron chi connectivity index (χ3n) is 4.05. The largest absolute Gasteiger partial charge is 0.469 e. The highest BCUT2D eigenvalue weighted by Gasteiger charge is 2.35. The molecule has 2 rings (SSSR count). The van der Waals surface area contributed by atoms with E-state index in [1.807, 2.05) is 0 Å². The second-order valence-electron chi connectivity index (χ2n) is 5.97. The monoisotopic (exact) mass is 372 g/mol. The van der Waals surface area contributed by atoms with E-state index in [9.17, 15) is 27.6 Å². The zero-order valence-electron chi connectivity index (χ0n) is 14.1. The van der Waals surface area contributed by atoms with Gasteiger partial charge in [0.05, 0.1) is 25.1 Å². The van der Waals surface area contributed by atoms with Gasteiger partial charge in [-0.05, 0) is 11.6 Å². The lowest BCUT2D eigenvalue weighted by Crippen LogP contribution is -2.37. The van der Waals surface area contributed by atoms with Gasteiger partial charge in [0.15, 0.2) is 0 Å². The van der Waals surface area contributed by atoms with E-state index in [4.69, 9.17) is 0 Å². The van der Waals surface area contributed by atoms with Crippen LogP contribution in [0.25, 0.3) is 0 Å². The number of nitrogens with zero attached hydrogens (tertiary/aromatic N) is 1. The Morgan fingerprint density at radius 2 is 1.96 bits per heavy atom. The zero-order chi connectivity index (χ0) is 19.3. The normalized spacial score (nSPS) is 17.3. The lowest BCUT2D eigenvalue weighted by molar-refractivity contribution is -0.142. The second kappa shape index (κ2) is 8.20. The number of ether oxygens (including phenoxy) is 1. The van der Waals surface area contributed by atoms with Crippen LogP contribution < -0.4 is 5.32 Å². The van der Waals surface area contributed by atoms with Crippen molar-refractivity contribution in [1.29, 1.82) is 0 Å². The summed E-state index contributed by atoms with van der Waals surface area (Å²) in [7, 11) is 1.21. The first-order valence-corrected chi connectivity index (χ1v) is 7.99. The maximum absolute atomic E-state index is 13.0. The summed E-state index contributed by atoms with van der Waals surface area (Å²) >= 11 is 0. The van der Waals surface area contributed by atoms with Gasteiger partial charge in [0, 0.05) is 25.9 Å². The molecule has 1 unspecified atom stereocenters. The number of likely N-dealkylation sites (tertiary alicyclic amines) is 1. The van der Waals surface area contributed by atoms with Crippen LogP contribution in [0, 0.1) is 0 Å². The molecule has 1 aliphatic heterocycles. The van der Waals surface area contributed by atoms with Crippen molar-refractivity contribution >= 4 is 17.8 Å². The summed E-state index contributed by atoms with van der Waals surface area (Å²) < 4.78 is 43.6. The number of carbonyl (C=O) groups excluding carboxylic acids is 3. The predicted molar refractivity (Wildman–Crippen MR) is 84.7 cm³/mol. The van der Waals surface area contributed by atoms with Crippen LogP contribution in [0.4, 0.5) is 13.2 Å². The van der Waals surface area contributed by atoms with Gasteiger partial charge in [0.1, 0.15) is 0 Å². The Morgan fingerprint density at radius 3 is 2.62 bits per heavy atom. The third kappa shape index (κ3) is 5.21. The molecule has 1 fully saturated rings. The third-order valence-corrected chi connectivity index (χ3v) is 4.05. The average Bonchev–Trinajstić information content (AvgIpc) is 2.91. The second-order valence-corrected chi connectivity index (χ2v) is 5.97. The van der Waals surface area contributed by atoms with Crippen LogP contribution in [0.2, 0.25) is 0 Å². The van der Waals surface area contributed by atoms with Crippen LogP contribution in [-0.4, -0.2) is 42.4 Å². The van der Waals surface area contributed by atoms with E-state index in [2.05, 4.69) is 10.1 Å². The maximum atomic E-state index is 13.0. The Labute approximate surface area is 148 Å². The number of rotatable bonds is 6. The topological polar surface area (TPSA) is 75.7 Å². The van der Waals surface area contributed by atoms with E-state index < -0.39 is 29.7 Å². The van der Waals surface area contributed by atoms with Crippen molar-refractivity contribution in [3.05, 3.63) is 35.4 Å². The van der Waals surface area contributed by atoms with Crippen LogP contribution in [-0.2, 0) is 31.8 Å². The lowest BCUT2D eigenvalue weighted by Gasteiger charge is -2.20. The molecule has 2 amide bonds. The van der Waals surface area contributed by atoms with Gasteiger partial charge in [0.2, 0.25) is 11.8 Å². The van der Waals surface area contributed by atoms with Crippen molar-refractivity contribution < 1.29 is 32.3 Å². The van der Waals surface area contributed by atoms with Gasteiger partial charge in [-0.1, -0.05) is 18.2 Å². The SMILES string of the molecule is COC(=O)CCC(=O)NC1CC(=O)N(Cc2ccccc2C(F)(F)F)C1. The van der Waals surface area contributed by atoms with Gasteiger partial charge in [-0.25, -0.2) is 0 Å². The van der Waals surface area contributed by atoms with Crippen molar-refractivity contribution in [3.63, 3.8) is 0 Å². The fraction of sp³-hybridized carbons (Fsp3) is 0.471. The molecule has 1 N–H and O–H groups in total. The van der Waals surface area contributed by atoms with Crippen LogP contribution in [0.1, 0.15) is 30.4 Å². The van der Waals surface area contributed by atoms with E-state index >= 15 is 0 Å². The molecule has 0 radical (unpaired) electrons. The number of halogens is 3. The molecule has 1 heterocycles. The highest BCUT2D eigenvalue weighted by Crippen LogP contribution is 2.32. The number of esters is 1. The Kier molecular flexibility index (Phi) is 6.23. The van der Waals surface area contributed by atoms with Gasteiger partial charge < -0.3 is 15.0 Å². The molecule has 1 atom stereocenters. The maximum Gasteiger partial charge on any atom is 0.416 e. The molecule has 9 heteroatoms. The minimum Gasteiger partial charge on any atom is -0.469 e. The number of hydrogen-bond donors (Lipinski definition) is 1. The fourth-order valence-corrected chi connectivity index (χ4v) is 2.78. The van der Waals surface area contributed by atoms with Gasteiger partial charge in [0.25, 0.3) is 0 Å². The summed E-state index contributed by atoms with van der Waals surface area (Å²) in [6.45, 7) is -0.0575. The molecule has 0 aliphatic carbocycles. The summed E-state index contributed by atoms with van der Waals surface area (Å²) in [6.07, 6.45) is -4.64. The first-order chi connectivity index (χ1) is 12.2. The molecule has 6 nitrogen and oxygen atoms in total. The average molecular weight is 372 g/mol.